The summed E-state index contributed by atoms with van der Waals surface area (Å²) in [5.41, 5.74) is 5.68. The molecule has 1 amide bonds. The first kappa shape index (κ1) is 28.5. The lowest BCUT2D eigenvalue weighted by molar-refractivity contribution is 0.0775. The van der Waals surface area contributed by atoms with Gasteiger partial charge in [-0.05, 0) is 74.9 Å². The van der Waals surface area contributed by atoms with Gasteiger partial charge < -0.3 is 14.5 Å². The minimum absolute atomic E-state index is 0.0234. The number of rotatable bonds is 8. The Kier molecular flexibility index (Phi) is 9.65. The average Bonchev–Trinajstić information content (AvgIpc) is 2.99. The number of benzene rings is 1. The summed E-state index contributed by atoms with van der Waals surface area (Å²) in [6.45, 7) is 10.3. The molecule has 0 atom stereocenters. The molecule has 11 heteroatoms. The van der Waals surface area contributed by atoms with Gasteiger partial charge in [0.25, 0.3) is 5.91 Å². The van der Waals surface area contributed by atoms with Crippen LogP contribution in [-0.4, -0.2) is 111 Å². The van der Waals surface area contributed by atoms with E-state index in [1.54, 1.807) is 6.20 Å². The highest BCUT2D eigenvalue weighted by Gasteiger charge is 2.27. The van der Waals surface area contributed by atoms with Gasteiger partial charge in [0.2, 0.25) is 5.82 Å². The van der Waals surface area contributed by atoms with Crippen molar-refractivity contribution in [3.8, 4) is 6.07 Å². The second-order valence-electron chi connectivity index (χ2n) is 11.5. The summed E-state index contributed by atoms with van der Waals surface area (Å²) in [6.07, 6.45) is 5.79. The fourth-order valence-electron chi connectivity index (χ4n) is 5.92. The Morgan fingerprint density at radius 1 is 1.07 bits per heavy atom. The van der Waals surface area contributed by atoms with E-state index in [1.165, 1.54) is 38.0 Å². The zero-order chi connectivity index (χ0) is 27.9. The van der Waals surface area contributed by atoms with Crippen LogP contribution in [0.3, 0.4) is 0 Å². The molecule has 1 aromatic heterocycles. The maximum absolute atomic E-state index is 13.3. The number of carbonyl (C=O) groups excluding carboxylic acids is 1. The Balaban J connectivity index is 1.16. The number of anilines is 1. The van der Waals surface area contributed by atoms with Crippen LogP contribution in [0.15, 0.2) is 30.5 Å². The first-order valence-corrected chi connectivity index (χ1v) is 14.6. The third-order valence-corrected chi connectivity index (χ3v) is 8.49. The van der Waals surface area contributed by atoms with Crippen LogP contribution in [0.4, 0.5) is 5.82 Å². The van der Waals surface area contributed by atoms with Gasteiger partial charge in [-0.25, -0.2) is 9.97 Å². The smallest absolute Gasteiger partial charge is 0.269 e. The van der Waals surface area contributed by atoms with Gasteiger partial charge in [-0.3, -0.25) is 20.1 Å². The fourth-order valence-corrected chi connectivity index (χ4v) is 5.92. The van der Waals surface area contributed by atoms with E-state index in [4.69, 9.17) is 4.74 Å². The number of nitrogens with one attached hydrogen (secondary N) is 1. The summed E-state index contributed by atoms with van der Waals surface area (Å²) >= 11 is 0. The number of piperidine rings is 1. The fraction of sp³-hybridized carbons (Fsp3) is 0.586. The standard InChI is InChI=1S/C29H41BN8O2/c1-35-10-6-23(7-11-35)21-37-14-12-36(13-15-37)20-22-2-4-24(5-3-22)29(39)34-38(25-8-16-40-17-9-25)28-26(30)19-32-27(18-31)33-28/h2-5,19,23,25H,6-17,20-21,30H2,1H3,(H,34,39). The second kappa shape index (κ2) is 13.5. The summed E-state index contributed by atoms with van der Waals surface area (Å²) in [7, 11) is 4.11. The van der Waals surface area contributed by atoms with Crippen LogP contribution < -0.4 is 15.9 Å². The van der Waals surface area contributed by atoms with Gasteiger partial charge in [0.15, 0.2) is 0 Å². The molecule has 3 aliphatic heterocycles. The second-order valence-corrected chi connectivity index (χ2v) is 11.5. The highest BCUT2D eigenvalue weighted by atomic mass is 16.5. The average molecular weight is 545 g/mol. The number of amides is 1. The number of hydrazine groups is 1. The topological polar surface area (TPSA) is 101 Å². The minimum Gasteiger partial charge on any atom is -0.381 e. The molecule has 5 rings (SSSR count). The van der Waals surface area contributed by atoms with Crippen molar-refractivity contribution < 1.29 is 9.53 Å². The third-order valence-electron chi connectivity index (χ3n) is 8.49. The van der Waals surface area contributed by atoms with E-state index in [9.17, 15) is 10.1 Å². The van der Waals surface area contributed by atoms with E-state index in [-0.39, 0.29) is 17.8 Å². The lowest BCUT2D eigenvalue weighted by Crippen LogP contribution is -2.53. The number of nitrogens with zero attached hydrogens (tertiary/aromatic N) is 7. The van der Waals surface area contributed by atoms with Crippen molar-refractivity contribution in [3.05, 3.63) is 47.4 Å². The number of aromatic nitrogens is 2. The van der Waals surface area contributed by atoms with E-state index >= 15 is 0 Å². The van der Waals surface area contributed by atoms with Crippen molar-refractivity contribution in [3.63, 3.8) is 0 Å². The summed E-state index contributed by atoms with van der Waals surface area (Å²) in [5.74, 6) is 1.28. The molecule has 0 unspecified atom stereocenters. The molecule has 0 saturated carbocycles. The van der Waals surface area contributed by atoms with Gasteiger partial charge in [0, 0.05) is 64.2 Å². The van der Waals surface area contributed by atoms with Gasteiger partial charge in [-0.15, -0.1) is 0 Å². The van der Waals surface area contributed by atoms with Gasteiger partial charge in [0.1, 0.15) is 19.7 Å². The number of piperazine rings is 1. The zero-order valence-corrected chi connectivity index (χ0v) is 23.9. The molecule has 4 heterocycles. The van der Waals surface area contributed by atoms with Crippen LogP contribution in [-0.2, 0) is 11.3 Å². The molecule has 2 aromatic rings. The predicted molar refractivity (Wildman–Crippen MR) is 157 cm³/mol. The van der Waals surface area contributed by atoms with E-state index in [0.717, 1.165) is 56.9 Å². The predicted octanol–water partition coefficient (Wildman–Crippen LogP) is 0.396. The normalized spacial score (nSPS) is 20.2. The minimum atomic E-state index is -0.197. The van der Waals surface area contributed by atoms with E-state index in [1.807, 2.05) is 31.1 Å². The SMILES string of the molecule is Bc1cnc(C#N)nc1N(NC(=O)c1ccc(CN2CCN(CC3CCN(C)CC3)CC2)cc1)C1CCOCC1. The van der Waals surface area contributed by atoms with Crippen molar-refractivity contribution in [2.45, 2.75) is 38.3 Å². The summed E-state index contributed by atoms with van der Waals surface area (Å²) in [6, 6.07) is 9.94. The van der Waals surface area contributed by atoms with Crippen molar-refractivity contribution in [2.24, 2.45) is 5.92 Å². The van der Waals surface area contributed by atoms with Crippen LogP contribution in [0.5, 0.6) is 0 Å². The monoisotopic (exact) mass is 544 g/mol. The number of ether oxygens (including phenoxy) is 1. The van der Waals surface area contributed by atoms with E-state index in [2.05, 4.69) is 49.3 Å². The first-order valence-electron chi connectivity index (χ1n) is 14.6. The largest absolute Gasteiger partial charge is 0.381 e. The highest BCUT2D eigenvalue weighted by molar-refractivity contribution is 6.35. The number of nitriles is 1. The lowest BCUT2D eigenvalue weighted by Gasteiger charge is -2.38. The molecule has 3 saturated heterocycles. The van der Waals surface area contributed by atoms with Crippen LogP contribution in [0.1, 0.15) is 47.4 Å². The van der Waals surface area contributed by atoms with Crippen molar-refractivity contribution in [2.75, 3.05) is 71.1 Å². The Morgan fingerprint density at radius 2 is 1.75 bits per heavy atom. The van der Waals surface area contributed by atoms with Crippen LogP contribution in [0.2, 0.25) is 0 Å². The Labute approximate surface area is 238 Å². The Hall–Kier alpha value is -3.04. The molecule has 3 fully saturated rings. The third kappa shape index (κ3) is 7.37. The van der Waals surface area contributed by atoms with Gasteiger partial charge in [0.05, 0.1) is 6.04 Å². The highest BCUT2D eigenvalue weighted by Crippen LogP contribution is 2.20. The number of hydrogen-bond acceptors (Lipinski definition) is 9. The molecule has 3 aliphatic rings. The van der Waals surface area contributed by atoms with E-state index < -0.39 is 0 Å². The maximum Gasteiger partial charge on any atom is 0.269 e. The van der Waals surface area contributed by atoms with Crippen LogP contribution in [0, 0.1) is 17.2 Å². The molecular formula is C29H41BN8O2. The first-order chi connectivity index (χ1) is 19.5. The summed E-state index contributed by atoms with van der Waals surface area (Å²) in [5, 5.41) is 11.1. The van der Waals surface area contributed by atoms with Crippen LogP contribution in [0.25, 0.3) is 0 Å². The van der Waals surface area contributed by atoms with Gasteiger partial charge >= 0.3 is 0 Å². The summed E-state index contributed by atoms with van der Waals surface area (Å²) < 4.78 is 5.54. The maximum atomic E-state index is 13.3. The molecule has 0 radical (unpaired) electrons. The quantitative estimate of drug-likeness (QED) is 0.374. The zero-order valence-electron chi connectivity index (χ0n) is 23.9. The number of hydrogen-bond donors (Lipinski definition) is 1. The molecule has 1 N–H and O–H groups in total. The number of carbonyl (C=O) groups is 1. The molecule has 0 bridgehead atoms. The van der Waals surface area contributed by atoms with Gasteiger partial charge in [-0.2, -0.15) is 5.26 Å². The van der Waals surface area contributed by atoms with Gasteiger partial charge in [-0.1, -0.05) is 12.1 Å². The molecule has 0 aliphatic carbocycles. The van der Waals surface area contributed by atoms with Crippen molar-refractivity contribution in [1.82, 2.24) is 30.1 Å². The molecule has 212 valence electrons. The van der Waals surface area contributed by atoms with Crippen molar-refractivity contribution in [1.29, 1.82) is 5.26 Å². The Morgan fingerprint density at radius 3 is 2.42 bits per heavy atom. The molecule has 0 spiro atoms. The van der Waals surface area contributed by atoms with Crippen LogP contribution >= 0.6 is 0 Å². The Bertz CT molecular complexity index is 1170. The molecule has 40 heavy (non-hydrogen) atoms. The van der Waals surface area contributed by atoms with Crippen molar-refractivity contribution >= 4 is 25.0 Å². The molecule has 1 aromatic carbocycles. The van der Waals surface area contributed by atoms with E-state index in [0.29, 0.717) is 24.6 Å². The number of likely N-dealkylation sites (tertiary alicyclic amines) is 1. The molecular weight excluding hydrogens is 503 g/mol. The molecule has 10 nitrogen and oxygen atoms in total. The lowest BCUT2D eigenvalue weighted by atomic mass is 9.96. The summed E-state index contributed by atoms with van der Waals surface area (Å²) in [4.78, 5) is 29.4.